The molecule has 4 nitrogen and oxygen atoms in total. The fraction of sp³-hybridized carbons (Fsp3) is 0.625. The van der Waals surface area contributed by atoms with Crippen molar-refractivity contribution < 1.29 is 4.74 Å². The number of thioether (sulfide) groups is 1. The third-order valence-corrected chi connectivity index (χ3v) is 5.77. The zero-order chi connectivity index (χ0) is 14.1. The molecule has 21 heavy (non-hydrogen) atoms. The number of ether oxygens (including phenoxy) is 1. The van der Waals surface area contributed by atoms with Gasteiger partial charge in [-0.25, -0.2) is 9.97 Å². The minimum atomic E-state index is 0.501. The van der Waals surface area contributed by atoms with Crippen LogP contribution in [0.15, 0.2) is 18.3 Å². The fourth-order valence-electron chi connectivity index (χ4n) is 3.48. The van der Waals surface area contributed by atoms with E-state index >= 15 is 0 Å². The van der Waals surface area contributed by atoms with Crippen molar-refractivity contribution in [3.05, 3.63) is 24.2 Å². The Morgan fingerprint density at radius 3 is 2.95 bits per heavy atom. The lowest BCUT2D eigenvalue weighted by molar-refractivity contribution is 0.0694. The highest BCUT2D eigenvalue weighted by Gasteiger charge is 2.27. The second-order valence-corrected chi connectivity index (χ2v) is 7.09. The summed E-state index contributed by atoms with van der Waals surface area (Å²) in [4.78, 5) is 9.58. The van der Waals surface area contributed by atoms with Crippen LogP contribution in [-0.2, 0) is 4.74 Å². The average Bonchev–Trinajstić information content (AvgIpc) is 2.96. The minimum absolute atomic E-state index is 0.501. The van der Waals surface area contributed by atoms with Crippen molar-refractivity contribution in [2.75, 3.05) is 24.7 Å². The molecule has 0 saturated carbocycles. The van der Waals surface area contributed by atoms with Gasteiger partial charge in [0.15, 0.2) is 5.65 Å². The lowest BCUT2D eigenvalue weighted by Gasteiger charge is -2.28. The van der Waals surface area contributed by atoms with E-state index in [2.05, 4.69) is 27.4 Å². The van der Waals surface area contributed by atoms with E-state index in [1.807, 2.05) is 12.3 Å². The Hall–Kier alpha value is -1.07. The highest BCUT2D eigenvalue weighted by molar-refractivity contribution is 7.99. The summed E-state index contributed by atoms with van der Waals surface area (Å²) < 4.78 is 7.98. The third kappa shape index (κ3) is 2.57. The smallest absolute Gasteiger partial charge is 0.160 e. The summed E-state index contributed by atoms with van der Waals surface area (Å²) in [5, 5.41) is 0. The van der Waals surface area contributed by atoms with Gasteiger partial charge in [0.2, 0.25) is 0 Å². The van der Waals surface area contributed by atoms with E-state index in [-0.39, 0.29) is 0 Å². The van der Waals surface area contributed by atoms with E-state index in [9.17, 15) is 0 Å². The first-order valence-electron chi connectivity index (χ1n) is 7.92. The van der Waals surface area contributed by atoms with E-state index in [1.54, 1.807) is 0 Å². The van der Waals surface area contributed by atoms with Crippen LogP contribution < -0.4 is 0 Å². The molecule has 112 valence electrons. The quantitative estimate of drug-likeness (QED) is 0.852. The number of imidazole rings is 1. The molecule has 0 radical (unpaired) electrons. The molecule has 0 aromatic carbocycles. The van der Waals surface area contributed by atoms with Crippen molar-refractivity contribution in [1.29, 1.82) is 0 Å². The van der Waals surface area contributed by atoms with E-state index in [0.717, 1.165) is 37.2 Å². The highest BCUT2D eigenvalue weighted by Crippen LogP contribution is 2.35. The molecule has 0 amide bonds. The molecule has 2 aliphatic rings. The van der Waals surface area contributed by atoms with Gasteiger partial charge in [-0.15, -0.1) is 0 Å². The molecule has 1 unspecified atom stereocenters. The zero-order valence-electron chi connectivity index (χ0n) is 12.2. The summed E-state index contributed by atoms with van der Waals surface area (Å²) in [6.07, 6.45) is 6.61. The van der Waals surface area contributed by atoms with Crippen molar-refractivity contribution in [2.45, 2.75) is 37.6 Å². The Morgan fingerprint density at radius 2 is 2.14 bits per heavy atom. The molecule has 4 rings (SSSR count). The lowest BCUT2D eigenvalue weighted by atomic mass is 10.0. The number of rotatable bonds is 2. The maximum Gasteiger partial charge on any atom is 0.160 e. The number of nitrogens with zero attached hydrogens (tertiary/aromatic N) is 3. The van der Waals surface area contributed by atoms with Crippen molar-refractivity contribution in [2.24, 2.45) is 0 Å². The van der Waals surface area contributed by atoms with E-state index in [4.69, 9.17) is 9.72 Å². The average molecular weight is 303 g/mol. The van der Waals surface area contributed by atoms with Gasteiger partial charge in [0.25, 0.3) is 0 Å². The van der Waals surface area contributed by atoms with Gasteiger partial charge in [-0.3, -0.25) is 0 Å². The third-order valence-electron chi connectivity index (χ3n) is 4.56. The molecule has 2 aliphatic heterocycles. The maximum absolute atomic E-state index is 5.54. The van der Waals surface area contributed by atoms with Crippen LogP contribution in [0.5, 0.6) is 0 Å². The number of hydrogen-bond acceptors (Lipinski definition) is 4. The first-order chi connectivity index (χ1) is 10.4. The molecule has 0 bridgehead atoms. The fourth-order valence-corrected chi connectivity index (χ4v) is 4.62. The normalized spacial score (nSPS) is 24.5. The second-order valence-electron chi connectivity index (χ2n) is 5.94. The van der Waals surface area contributed by atoms with Crippen LogP contribution >= 0.6 is 11.8 Å². The van der Waals surface area contributed by atoms with Crippen LogP contribution in [0.3, 0.4) is 0 Å². The van der Waals surface area contributed by atoms with Gasteiger partial charge in [-0.1, -0.05) is 0 Å². The number of fused-ring (bicyclic) bond motifs is 1. The standard InChI is InChI=1S/C16H21N3OS/c1-4-14-16(17-7-1)19(13-5-8-20-9-6-13)15(18-14)12-3-2-10-21-11-12/h1,4,7,12-13H,2-3,5-6,8-11H2. The van der Waals surface area contributed by atoms with E-state index in [1.165, 1.54) is 30.2 Å². The van der Waals surface area contributed by atoms with Gasteiger partial charge in [0.05, 0.1) is 0 Å². The number of aromatic nitrogens is 3. The van der Waals surface area contributed by atoms with Gasteiger partial charge < -0.3 is 9.30 Å². The number of pyridine rings is 1. The van der Waals surface area contributed by atoms with E-state index < -0.39 is 0 Å². The summed E-state index contributed by atoms with van der Waals surface area (Å²) in [6.45, 7) is 1.71. The lowest BCUT2D eigenvalue weighted by Crippen LogP contribution is -2.24. The minimum Gasteiger partial charge on any atom is -0.381 e. The van der Waals surface area contributed by atoms with Crippen LogP contribution in [0, 0.1) is 0 Å². The van der Waals surface area contributed by atoms with E-state index in [0.29, 0.717) is 12.0 Å². The molecule has 2 saturated heterocycles. The summed E-state index contributed by atoms with van der Waals surface area (Å²) in [5.41, 5.74) is 2.12. The van der Waals surface area contributed by atoms with Gasteiger partial charge in [0.1, 0.15) is 11.3 Å². The van der Waals surface area contributed by atoms with Crippen molar-refractivity contribution in [3.8, 4) is 0 Å². The predicted molar refractivity (Wildman–Crippen MR) is 85.9 cm³/mol. The number of hydrogen-bond donors (Lipinski definition) is 0. The molecule has 2 fully saturated rings. The summed E-state index contributed by atoms with van der Waals surface area (Å²) in [7, 11) is 0. The van der Waals surface area contributed by atoms with Crippen LogP contribution in [0.4, 0.5) is 0 Å². The highest BCUT2D eigenvalue weighted by atomic mass is 32.2. The second kappa shape index (κ2) is 5.97. The van der Waals surface area contributed by atoms with Gasteiger partial charge in [0, 0.05) is 37.1 Å². The zero-order valence-corrected chi connectivity index (χ0v) is 13.0. The molecule has 5 heteroatoms. The largest absolute Gasteiger partial charge is 0.381 e. The topological polar surface area (TPSA) is 39.9 Å². The first-order valence-corrected chi connectivity index (χ1v) is 9.07. The van der Waals surface area contributed by atoms with Crippen LogP contribution in [0.2, 0.25) is 0 Å². The van der Waals surface area contributed by atoms with Gasteiger partial charge in [-0.2, -0.15) is 11.8 Å². The predicted octanol–water partition coefficient (Wildman–Crippen LogP) is 3.39. The summed E-state index contributed by atoms with van der Waals surface area (Å²) >= 11 is 2.06. The molecule has 2 aromatic heterocycles. The molecule has 4 heterocycles. The van der Waals surface area contributed by atoms with Gasteiger partial charge >= 0.3 is 0 Å². The van der Waals surface area contributed by atoms with Crippen LogP contribution in [0.1, 0.15) is 43.5 Å². The van der Waals surface area contributed by atoms with Crippen molar-refractivity contribution >= 4 is 22.9 Å². The molecule has 0 aliphatic carbocycles. The van der Waals surface area contributed by atoms with Crippen LogP contribution in [-0.4, -0.2) is 39.3 Å². The molecule has 0 N–H and O–H groups in total. The molecule has 0 spiro atoms. The Labute approximate surface area is 129 Å². The van der Waals surface area contributed by atoms with Gasteiger partial charge in [-0.05, 0) is 43.6 Å². The molecule has 2 aromatic rings. The summed E-state index contributed by atoms with van der Waals surface area (Å²) in [6, 6.07) is 4.58. The SMILES string of the molecule is c1cnc2c(c1)nc(C1CCCSC1)n2C1CCOCC1. The Kier molecular flexibility index (Phi) is 3.86. The van der Waals surface area contributed by atoms with Crippen LogP contribution in [0.25, 0.3) is 11.2 Å². The Bertz CT molecular complexity index is 615. The maximum atomic E-state index is 5.54. The monoisotopic (exact) mass is 303 g/mol. The Balaban J connectivity index is 1.79. The summed E-state index contributed by atoms with van der Waals surface area (Å²) in [5.74, 6) is 4.35. The van der Waals surface area contributed by atoms with Crippen molar-refractivity contribution in [1.82, 2.24) is 14.5 Å². The Morgan fingerprint density at radius 1 is 1.24 bits per heavy atom. The van der Waals surface area contributed by atoms with Crippen molar-refractivity contribution in [3.63, 3.8) is 0 Å². The molecule has 1 atom stereocenters. The molecular weight excluding hydrogens is 282 g/mol. The first kappa shape index (κ1) is 13.6. The molecular formula is C16H21N3OS.